The highest BCUT2D eigenvalue weighted by Crippen LogP contribution is 2.15. The largest absolute Gasteiger partial charge is 0.445 e. The molecule has 2 rings (SSSR count). The molecule has 0 aliphatic carbocycles. The van der Waals surface area contributed by atoms with E-state index in [1.54, 1.807) is 6.92 Å². The third-order valence-corrected chi connectivity index (χ3v) is 3.20. The minimum absolute atomic E-state index is 0.109. The molecule has 1 amide bonds. The van der Waals surface area contributed by atoms with E-state index in [-0.39, 0.29) is 18.4 Å². The zero-order chi connectivity index (χ0) is 13.0. The highest BCUT2D eigenvalue weighted by Gasteiger charge is 2.30. The molecule has 0 unspecified atom stereocenters. The minimum Gasteiger partial charge on any atom is -0.445 e. The summed E-state index contributed by atoms with van der Waals surface area (Å²) in [7, 11) is 0. The maximum Gasteiger partial charge on any atom is 0.410 e. The molecule has 1 aromatic rings. The molecular formula is C14H17NO3. The molecule has 96 valence electrons. The van der Waals surface area contributed by atoms with E-state index in [0.717, 1.165) is 12.0 Å². The van der Waals surface area contributed by atoms with Gasteiger partial charge in [0.1, 0.15) is 6.61 Å². The second-order valence-corrected chi connectivity index (χ2v) is 4.48. The third kappa shape index (κ3) is 2.88. The van der Waals surface area contributed by atoms with Crippen molar-refractivity contribution in [3.8, 4) is 0 Å². The molecule has 1 saturated heterocycles. The Bertz CT molecular complexity index is 430. The van der Waals surface area contributed by atoms with Crippen molar-refractivity contribution >= 4 is 11.9 Å². The van der Waals surface area contributed by atoms with E-state index in [9.17, 15) is 9.59 Å². The molecular weight excluding hydrogens is 230 g/mol. The monoisotopic (exact) mass is 247 g/mol. The molecule has 1 aliphatic rings. The average Bonchev–Trinajstić information content (AvgIpc) is 2.40. The number of carbonyl (C=O) groups excluding carboxylic acids is 2. The first kappa shape index (κ1) is 12.6. The van der Waals surface area contributed by atoms with Crippen molar-refractivity contribution in [1.29, 1.82) is 0 Å². The highest BCUT2D eigenvalue weighted by molar-refractivity contribution is 5.88. The average molecular weight is 247 g/mol. The lowest BCUT2D eigenvalue weighted by Crippen LogP contribution is -2.47. The molecule has 0 spiro atoms. The fourth-order valence-corrected chi connectivity index (χ4v) is 2.05. The van der Waals surface area contributed by atoms with Gasteiger partial charge in [0.15, 0.2) is 5.78 Å². The Morgan fingerprint density at radius 3 is 2.83 bits per heavy atom. The molecule has 18 heavy (non-hydrogen) atoms. The number of likely N-dealkylation sites (tertiary alicyclic amines) is 1. The number of hydrogen-bond acceptors (Lipinski definition) is 3. The summed E-state index contributed by atoms with van der Waals surface area (Å²) < 4.78 is 5.22. The normalized spacial score (nSPS) is 19.7. The number of benzene rings is 1. The van der Waals surface area contributed by atoms with Gasteiger partial charge >= 0.3 is 6.09 Å². The summed E-state index contributed by atoms with van der Waals surface area (Å²) in [5.41, 5.74) is 0.946. The van der Waals surface area contributed by atoms with Crippen molar-refractivity contribution in [3.63, 3.8) is 0 Å². The fourth-order valence-electron chi connectivity index (χ4n) is 2.05. The molecule has 0 bridgehead atoms. The van der Waals surface area contributed by atoms with E-state index >= 15 is 0 Å². The quantitative estimate of drug-likeness (QED) is 0.806. The number of ketones is 1. The van der Waals surface area contributed by atoms with Gasteiger partial charge in [0.2, 0.25) is 0 Å². The first-order valence-electron chi connectivity index (χ1n) is 6.18. The molecule has 0 aromatic heterocycles. The lowest BCUT2D eigenvalue weighted by molar-refractivity contribution is -0.125. The van der Waals surface area contributed by atoms with Gasteiger partial charge in [-0.15, -0.1) is 0 Å². The first-order chi connectivity index (χ1) is 8.68. The molecule has 1 heterocycles. The van der Waals surface area contributed by atoms with E-state index in [2.05, 4.69) is 0 Å². The second kappa shape index (κ2) is 5.67. The van der Waals surface area contributed by atoms with Crippen LogP contribution >= 0.6 is 0 Å². The van der Waals surface area contributed by atoms with Gasteiger partial charge in [-0.1, -0.05) is 30.3 Å². The van der Waals surface area contributed by atoms with Crippen LogP contribution in [0.25, 0.3) is 0 Å². The second-order valence-electron chi connectivity index (χ2n) is 4.48. The number of ether oxygens (including phenoxy) is 1. The third-order valence-electron chi connectivity index (χ3n) is 3.20. The van der Waals surface area contributed by atoms with Gasteiger partial charge in [-0.05, 0) is 18.9 Å². The summed E-state index contributed by atoms with van der Waals surface area (Å²) in [4.78, 5) is 24.9. The van der Waals surface area contributed by atoms with Crippen molar-refractivity contribution in [1.82, 2.24) is 4.90 Å². The van der Waals surface area contributed by atoms with Crippen LogP contribution < -0.4 is 0 Å². The lowest BCUT2D eigenvalue weighted by Gasteiger charge is -2.31. The smallest absolute Gasteiger partial charge is 0.410 e. The van der Waals surface area contributed by atoms with Crippen molar-refractivity contribution in [2.75, 3.05) is 6.54 Å². The zero-order valence-electron chi connectivity index (χ0n) is 10.5. The van der Waals surface area contributed by atoms with Crippen molar-refractivity contribution in [2.24, 2.45) is 0 Å². The van der Waals surface area contributed by atoms with Crippen molar-refractivity contribution < 1.29 is 14.3 Å². The molecule has 1 aromatic carbocycles. The fraction of sp³-hybridized carbons (Fsp3) is 0.429. The summed E-state index contributed by atoms with van der Waals surface area (Å²) in [5.74, 6) is 0.109. The Hall–Kier alpha value is -1.84. The van der Waals surface area contributed by atoms with Crippen LogP contribution in [0.15, 0.2) is 30.3 Å². The number of hydrogen-bond donors (Lipinski definition) is 0. The molecule has 0 saturated carbocycles. The van der Waals surface area contributed by atoms with Crippen molar-refractivity contribution in [3.05, 3.63) is 35.9 Å². The number of Topliss-reactive ketones (excluding diaryl/α,β-unsaturated/α-hetero) is 1. The van der Waals surface area contributed by atoms with E-state index < -0.39 is 6.09 Å². The van der Waals surface area contributed by atoms with E-state index in [0.29, 0.717) is 13.0 Å². The Kier molecular flexibility index (Phi) is 3.97. The Balaban J connectivity index is 1.90. The molecule has 0 radical (unpaired) electrons. The van der Waals surface area contributed by atoms with Crippen LogP contribution in [0.1, 0.15) is 25.3 Å². The van der Waals surface area contributed by atoms with Gasteiger partial charge in [0.25, 0.3) is 0 Å². The van der Waals surface area contributed by atoms with Crippen LogP contribution in [0.3, 0.4) is 0 Å². The predicted molar refractivity (Wildman–Crippen MR) is 67.0 cm³/mol. The zero-order valence-corrected chi connectivity index (χ0v) is 10.5. The van der Waals surface area contributed by atoms with Crippen molar-refractivity contribution in [2.45, 2.75) is 32.4 Å². The minimum atomic E-state index is -0.403. The van der Waals surface area contributed by atoms with E-state index in [4.69, 9.17) is 4.74 Å². The summed E-state index contributed by atoms with van der Waals surface area (Å²) in [6, 6.07) is 9.15. The summed E-state index contributed by atoms with van der Waals surface area (Å²) in [5, 5.41) is 0. The summed E-state index contributed by atoms with van der Waals surface area (Å²) in [6.07, 6.45) is 0.882. The number of rotatable bonds is 2. The lowest BCUT2D eigenvalue weighted by atomic mass is 10.0. The molecule has 0 N–H and O–H groups in total. The maximum atomic E-state index is 11.9. The first-order valence-corrected chi connectivity index (χ1v) is 6.18. The Morgan fingerprint density at radius 1 is 1.39 bits per heavy atom. The van der Waals surface area contributed by atoms with Gasteiger partial charge in [-0.25, -0.2) is 4.79 Å². The highest BCUT2D eigenvalue weighted by atomic mass is 16.6. The number of piperidine rings is 1. The van der Waals surface area contributed by atoms with Crippen LogP contribution in [0.5, 0.6) is 0 Å². The standard InChI is InChI=1S/C14H17NO3/c1-11-13(16)8-5-9-15(11)14(17)18-10-12-6-3-2-4-7-12/h2-4,6-7,11H,5,8-10H2,1H3/t11-/m0/s1. The van der Waals surface area contributed by atoms with Crippen LogP contribution in [0, 0.1) is 0 Å². The maximum absolute atomic E-state index is 11.9. The topological polar surface area (TPSA) is 46.6 Å². The number of amides is 1. The van der Waals surface area contributed by atoms with Gasteiger partial charge in [0.05, 0.1) is 6.04 Å². The molecule has 1 aliphatic heterocycles. The van der Waals surface area contributed by atoms with Crippen LogP contribution in [0.4, 0.5) is 4.79 Å². The molecule has 4 heteroatoms. The molecule has 4 nitrogen and oxygen atoms in total. The van der Waals surface area contributed by atoms with Gasteiger partial charge < -0.3 is 4.74 Å². The van der Waals surface area contributed by atoms with Gasteiger partial charge in [-0.2, -0.15) is 0 Å². The Morgan fingerprint density at radius 2 is 2.11 bits per heavy atom. The predicted octanol–water partition coefficient (Wildman–Crippen LogP) is 2.38. The molecule has 1 fully saturated rings. The van der Waals surface area contributed by atoms with Crippen LogP contribution in [-0.2, 0) is 16.1 Å². The Labute approximate surface area is 107 Å². The number of nitrogens with zero attached hydrogens (tertiary/aromatic N) is 1. The number of carbonyl (C=O) groups is 2. The van der Waals surface area contributed by atoms with Crippen LogP contribution in [0.2, 0.25) is 0 Å². The van der Waals surface area contributed by atoms with Crippen LogP contribution in [-0.4, -0.2) is 29.4 Å². The van der Waals surface area contributed by atoms with Gasteiger partial charge in [0, 0.05) is 13.0 Å². The SMILES string of the molecule is C[C@H]1C(=O)CCCN1C(=O)OCc1ccccc1. The summed E-state index contributed by atoms with van der Waals surface area (Å²) in [6.45, 7) is 2.60. The molecule has 1 atom stereocenters. The van der Waals surface area contributed by atoms with E-state index in [1.165, 1.54) is 4.90 Å². The van der Waals surface area contributed by atoms with Gasteiger partial charge in [-0.3, -0.25) is 9.69 Å². The summed E-state index contributed by atoms with van der Waals surface area (Å²) >= 11 is 0. The van der Waals surface area contributed by atoms with E-state index in [1.807, 2.05) is 30.3 Å².